The van der Waals surface area contributed by atoms with E-state index in [9.17, 15) is 14.3 Å². The zero-order valence-corrected chi connectivity index (χ0v) is 13.9. The van der Waals surface area contributed by atoms with Gasteiger partial charge < -0.3 is 15.1 Å². The first-order chi connectivity index (χ1) is 10.8. The average Bonchev–Trinajstić information content (AvgIpc) is 2.49. The van der Waals surface area contributed by atoms with Gasteiger partial charge in [-0.05, 0) is 24.1 Å². The van der Waals surface area contributed by atoms with Crippen LogP contribution in [-0.2, 0) is 6.61 Å². The Morgan fingerprint density at radius 1 is 1.43 bits per heavy atom. The van der Waals surface area contributed by atoms with E-state index in [2.05, 4.69) is 18.7 Å². The van der Waals surface area contributed by atoms with Gasteiger partial charge in [0.25, 0.3) is 5.91 Å². The normalized spacial score (nSPS) is 17.2. The predicted octanol–water partition coefficient (Wildman–Crippen LogP) is 1.09. The average molecular weight is 324 g/mol. The molecule has 2 N–H and O–H groups in total. The summed E-state index contributed by atoms with van der Waals surface area (Å²) in [4.78, 5) is 16.5. The molecular weight excluding hydrogens is 299 g/mol. The highest BCUT2D eigenvalue weighted by Gasteiger charge is 2.31. The number of aliphatic hydroxyl groups excluding tert-OH is 2. The zero-order valence-electron chi connectivity index (χ0n) is 13.9. The summed E-state index contributed by atoms with van der Waals surface area (Å²) in [5.74, 6) is -0.458. The smallest absolute Gasteiger partial charge is 0.253 e. The lowest BCUT2D eigenvalue weighted by Gasteiger charge is -2.41. The van der Waals surface area contributed by atoms with E-state index in [4.69, 9.17) is 5.11 Å². The number of likely N-dealkylation sites (tertiary alicyclic amines) is 1. The molecule has 1 atom stereocenters. The van der Waals surface area contributed by atoms with Gasteiger partial charge in [-0.25, -0.2) is 4.39 Å². The molecule has 0 saturated carbocycles. The van der Waals surface area contributed by atoms with E-state index in [-0.39, 0.29) is 29.5 Å². The summed E-state index contributed by atoms with van der Waals surface area (Å²) in [5.41, 5.74) is 0.489. The molecule has 1 aromatic carbocycles. The molecule has 0 aromatic heterocycles. The number of carbonyl (C=O) groups is 1. The van der Waals surface area contributed by atoms with Crippen LogP contribution in [0.5, 0.6) is 0 Å². The van der Waals surface area contributed by atoms with Crippen molar-refractivity contribution in [2.45, 2.75) is 32.6 Å². The van der Waals surface area contributed by atoms with Crippen molar-refractivity contribution >= 4 is 5.91 Å². The maximum atomic E-state index is 13.5. The van der Waals surface area contributed by atoms with Gasteiger partial charge in [0.15, 0.2) is 0 Å². The standard InChI is InChI=1S/C17H25FN2O3/c1-11(2)16(9-20-7-14(22)8-20)19(3)17(23)12-4-5-15(18)13(6-12)10-21/h4-6,11,14,16,21-22H,7-10H2,1-3H3/t16-/m1/s1. The van der Waals surface area contributed by atoms with E-state index in [1.807, 2.05) is 0 Å². The fourth-order valence-electron chi connectivity index (χ4n) is 2.92. The SMILES string of the molecule is CC(C)[C@@H](CN1CC(O)C1)N(C)C(=O)c1ccc(F)c(CO)c1. The maximum absolute atomic E-state index is 13.5. The quantitative estimate of drug-likeness (QED) is 0.822. The van der Waals surface area contributed by atoms with Crippen molar-refractivity contribution < 1.29 is 19.4 Å². The van der Waals surface area contributed by atoms with Crippen molar-refractivity contribution in [1.29, 1.82) is 0 Å². The molecule has 6 heteroatoms. The van der Waals surface area contributed by atoms with Gasteiger partial charge in [0, 0.05) is 43.9 Å². The summed E-state index contributed by atoms with van der Waals surface area (Å²) in [7, 11) is 1.74. The second-order valence-electron chi connectivity index (χ2n) is 6.56. The van der Waals surface area contributed by atoms with Crippen LogP contribution in [0.3, 0.4) is 0 Å². The van der Waals surface area contributed by atoms with E-state index in [1.54, 1.807) is 11.9 Å². The maximum Gasteiger partial charge on any atom is 0.253 e. The van der Waals surface area contributed by atoms with Crippen molar-refractivity contribution in [3.05, 3.63) is 35.1 Å². The topological polar surface area (TPSA) is 64.0 Å². The van der Waals surface area contributed by atoms with Crippen LogP contribution in [0, 0.1) is 11.7 Å². The van der Waals surface area contributed by atoms with Crippen LogP contribution in [0.2, 0.25) is 0 Å². The molecule has 23 heavy (non-hydrogen) atoms. The number of carbonyl (C=O) groups excluding carboxylic acids is 1. The Bertz CT molecular complexity index is 559. The van der Waals surface area contributed by atoms with E-state index in [1.165, 1.54) is 18.2 Å². The van der Waals surface area contributed by atoms with Gasteiger partial charge in [-0.1, -0.05) is 13.8 Å². The largest absolute Gasteiger partial charge is 0.392 e. The number of amides is 1. The minimum absolute atomic E-state index is 0.00219. The lowest BCUT2D eigenvalue weighted by molar-refractivity contribution is -0.0152. The molecule has 1 saturated heterocycles. The Kier molecular flexibility index (Phi) is 5.73. The van der Waals surface area contributed by atoms with Crippen molar-refractivity contribution in [2.24, 2.45) is 5.92 Å². The Hall–Kier alpha value is -1.50. The molecule has 1 aromatic rings. The molecule has 0 aliphatic carbocycles. The Balaban J connectivity index is 2.12. The first-order valence-corrected chi connectivity index (χ1v) is 7.90. The number of rotatable bonds is 6. The molecule has 0 bridgehead atoms. The lowest BCUT2D eigenvalue weighted by atomic mass is 9.99. The highest BCUT2D eigenvalue weighted by Crippen LogP contribution is 2.19. The molecule has 5 nitrogen and oxygen atoms in total. The number of nitrogens with zero attached hydrogens (tertiary/aromatic N) is 2. The van der Waals surface area contributed by atoms with E-state index in [0.717, 1.165) is 0 Å². The Morgan fingerprint density at radius 3 is 2.61 bits per heavy atom. The molecule has 0 spiro atoms. The molecule has 128 valence electrons. The number of benzene rings is 1. The zero-order chi connectivity index (χ0) is 17.1. The van der Waals surface area contributed by atoms with E-state index in [0.29, 0.717) is 25.2 Å². The highest BCUT2D eigenvalue weighted by molar-refractivity contribution is 5.94. The predicted molar refractivity (Wildman–Crippen MR) is 85.5 cm³/mol. The molecule has 1 fully saturated rings. The van der Waals surface area contributed by atoms with Gasteiger partial charge in [-0.2, -0.15) is 0 Å². The van der Waals surface area contributed by atoms with Crippen LogP contribution in [0.25, 0.3) is 0 Å². The highest BCUT2D eigenvalue weighted by atomic mass is 19.1. The van der Waals surface area contributed by atoms with Gasteiger partial charge >= 0.3 is 0 Å². The first kappa shape index (κ1) is 17.8. The van der Waals surface area contributed by atoms with E-state index < -0.39 is 12.4 Å². The summed E-state index contributed by atoms with van der Waals surface area (Å²) >= 11 is 0. The fraction of sp³-hybridized carbons (Fsp3) is 0.588. The third-order valence-electron chi connectivity index (χ3n) is 4.43. The molecule has 0 unspecified atom stereocenters. The van der Waals surface area contributed by atoms with Crippen molar-refractivity contribution in [3.63, 3.8) is 0 Å². The minimum atomic E-state index is -0.512. The van der Waals surface area contributed by atoms with Crippen LogP contribution in [0.1, 0.15) is 29.8 Å². The number of halogens is 1. The van der Waals surface area contributed by atoms with Crippen molar-refractivity contribution in [3.8, 4) is 0 Å². The molecular formula is C17H25FN2O3. The third kappa shape index (κ3) is 4.07. The van der Waals surface area contributed by atoms with Crippen LogP contribution < -0.4 is 0 Å². The van der Waals surface area contributed by atoms with Crippen LogP contribution in [0.15, 0.2) is 18.2 Å². The molecule has 2 rings (SSSR count). The van der Waals surface area contributed by atoms with Gasteiger partial charge in [0.1, 0.15) is 5.82 Å². The number of aliphatic hydroxyl groups is 2. The number of hydrogen-bond acceptors (Lipinski definition) is 4. The van der Waals surface area contributed by atoms with Crippen LogP contribution >= 0.6 is 0 Å². The fourth-order valence-corrected chi connectivity index (χ4v) is 2.92. The van der Waals surface area contributed by atoms with Gasteiger partial charge in [-0.3, -0.25) is 9.69 Å². The Labute approximate surface area is 136 Å². The molecule has 1 aliphatic rings. The minimum Gasteiger partial charge on any atom is -0.392 e. The summed E-state index contributed by atoms with van der Waals surface area (Å²) in [6.45, 7) is 5.64. The van der Waals surface area contributed by atoms with Gasteiger partial charge in [0.05, 0.1) is 12.7 Å². The summed E-state index contributed by atoms with van der Waals surface area (Å²) in [5, 5.41) is 18.5. The second kappa shape index (κ2) is 7.38. The first-order valence-electron chi connectivity index (χ1n) is 7.90. The van der Waals surface area contributed by atoms with Crippen molar-refractivity contribution in [1.82, 2.24) is 9.80 Å². The van der Waals surface area contributed by atoms with Crippen LogP contribution in [0.4, 0.5) is 4.39 Å². The summed E-state index contributed by atoms with van der Waals surface area (Å²) in [6.07, 6.45) is -0.270. The number of β-amino-alcohol motifs (C(OH)–C–C–N with tert-alkyl or cyclic N) is 1. The third-order valence-corrected chi connectivity index (χ3v) is 4.43. The monoisotopic (exact) mass is 324 g/mol. The van der Waals surface area contributed by atoms with Gasteiger partial charge in [0.2, 0.25) is 0 Å². The summed E-state index contributed by atoms with van der Waals surface area (Å²) in [6, 6.07) is 4.05. The Morgan fingerprint density at radius 2 is 2.09 bits per heavy atom. The molecule has 1 amide bonds. The second-order valence-corrected chi connectivity index (χ2v) is 6.56. The molecule has 0 radical (unpaired) electrons. The lowest BCUT2D eigenvalue weighted by Crippen LogP contribution is -2.57. The number of likely N-dealkylation sites (N-methyl/N-ethyl adjacent to an activating group) is 1. The number of hydrogen-bond donors (Lipinski definition) is 2. The summed E-state index contributed by atoms with van der Waals surface area (Å²) < 4.78 is 13.5. The van der Waals surface area contributed by atoms with Gasteiger partial charge in [-0.15, -0.1) is 0 Å². The molecule has 1 aliphatic heterocycles. The van der Waals surface area contributed by atoms with E-state index >= 15 is 0 Å². The molecule has 1 heterocycles. The van der Waals surface area contributed by atoms with Crippen LogP contribution in [-0.4, -0.2) is 64.7 Å². The van der Waals surface area contributed by atoms with Crippen molar-refractivity contribution in [2.75, 3.05) is 26.7 Å².